The minimum atomic E-state index is -0.910. The number of carbonyl (C=O) groups is 2. The number of amides is 1. The Balaban J connectivity index is 1.59. The Morgan fingerprint density at radius 2 is 1.65 bits per heavy atom. The lowest BCUT2D eigenvalue weighted by atomic mass is 10.0. The molecule has 0 radical (unpaired) electrons. The Hall–Kier alpha value is -4.06. The first kappa shape index (κ1) is 20.2. The van der Waals surface area contributed by atoms with E-state index in [1.54, 1.807) is 19.2 Å². The lowest BCUT2D eigenvalue weighted by molar-refractivity contribution is -0.147. The number of phenols is 1. The van der Waals surface area contributed by atoms with Crippen LogP contribution in [0, 0.1) is 0 Å². The standard InChI is InChI=1S/C25H22N2O4/c1-27(23(29)15-18-16-26-22-10-6-5-9-21(18)22)24(17-7-3-2-4-8-17)25(30)31-20-13-11-19(28)12-14-20/h2-14,16,24,26,28H,15H2,1H3/t24-/m0/s1. The van der Waals surface area contributed by atoms with Gasteiger partial charge in [-0.25, -0.2) is 4.79 Å². The third kappa shape index (κ3) is 4.43. The maximum atomic E-state index is 13.1. The second kappa shape index (κ2) is 8.75. The largest absolute Gasteiger partial charge is 0.508 e. The predicted octanol–water partition coefficient (Wildman–Crippen LogP) is 4.22. The molecule has 0 saturated carbocycles. The van der Waals surface area contributed by atoms with Gasteiger partial charge in [0, 0.05) is 24.1 Å². The highest BCUT2D eigenvalue weighted by Crippen LogP contribution is 2.26. The van der Waals surface area contributed by atoms with Crippen molar-refractivity contribution in [3.63, 3.8) is 0 Å². The molecule has 4 aromatic rings. The van der Waals surface area contributed by atoms with Gasteiger partial charge in [0.15, 0.2) is 6.04 Å². The summed E-state index contributed by atoms with van der Waals surface area (Å²) in [6.45, 7) is 0. The van der Waals surface area contributed by atoms with Gasteiger partial charge in [0.25, 0.3) is 0 Å². The Kier molecular flexibility index (Phi) is 5.71. The molecule has 0 bridgehead atoms. The lowest BCUT2D eigenvalue weighted by Crippen LogP contribution is -2.38. The van der Waals surface area contributed by atoms with E-state index >= 15 is 0 Å². The first-order valence-corrected chi connectivity index (χ1v) is 9.89. The van der Waals surface area contributed by atoms with E-state index in [-0.39, 0.29) is 18.1 Å². The summed E-state index contributed by atoms with van der Waals surface area (Å²) < 4.78 is 5.51. The molecule has 156 valence electrons. The fourth-order valence-electron chi connectivity index (χ4n) is 3.55. The molecule has 31 heavy (non-hydrogen) atoms. The van der Waals surface area contributed by atoms with E-state index < -0.39 is 12.0 Å². The van der Waals surface area contributed by atoms with Gasteiger partial charge in [-0.2, -0.15) is 0 Å². The number of benzene rings is 3. The number of nitrogens with one attached hydrogen (secondary N) is 1. The van der Waals surface area contributed by atoms with E-state index in [1.165, 1.54) is 29.2 Å². The number of rotatable bonds is 6. The molecule has 0 saturated heterocycles. The lowest BCUT2D eigenvalue weighted by Gasteiger charge is -2.27. The normalized spacial score (nSPS) is 11.8. The number of hydrogen-bond acceptors (Lipinski definition) is 4. The summed E-state index contributed by atoms with van der Waals surface area (Å²) in [7, 11) is 1.60. The molecular weight excluding hydrogens is 392 g/mol. The zero-order valence-corrected chi connectivity index (χ0v) is 17.0. The molecule has 0 aliphatic rings. The Morgan fingerprint density at radius 1 is 0.968 bits per heavy atom. The highest BCUT2D eigenvalue weighted by atomic mass is 16.5. The summed E-state index contributed by atoms with van der Waals surface area (Å²) >= 11 is 0. The molecule has 1 amide bonds. The van der Waals surface area contributed by atoms with Crippen LogP contribution in [0.25, 0.3) is 10.9 Å². The first-order valence-electron chi connectivity index (χ1n) is 9.89. The van der Waals surface area contributed by atoms with E-state index in [0.29, 0.717) is 11.3 Å². The minimum absolute atomic E-state index is 0.0745. The van der Waals surface area contributed by atoms with Crippen LogP contribution in [-0.2, 0) is 16.0 Å². The van der Waals surface area contributed by atoms with Crippen molar-refractivity contribution in [3.8, 4) is 11.5 Å². The van der Waals surface area contributed by atoms with Crippen molar-refractivity contribution in [2.45, 2.75) is 12.5 Å². The van der Waals surface area contributed by atoms with Crippen molar-refractivity contribution < 1.29 is 19.4 Å². The van der Waals surface area contributed by atoms with Crippen LogP contribution in [0.1, 0.15) is 17.2 Å². The van der Waals surface area contributed by atoms with Crippen molar-refractivity contribution >= 4 is 22.8 Å². The summed E-state index contributed by atoms with van der Waals surface area (Å²) in [6.07, 6.45) is 1.97. The predicted molar refractivity (Wildman–Crippen MR) is 118 cm³/mol. The topological polar surface area (TPSA) is 82.6 Å². The number of aromatic nitrogens is 1. The Labute approximate surface area is 179 Å². The molecule has 4 rings (SSSR count). The number of phenolic OH excluding ortho intramolecular Hbond substituents is 1. The number of ether oxygens (including phenoxy) is 1. The minimum Gasteiger partial charge on any atom is -0.508 e. The molecule has 2 N–H and O–H groups in total. The highest BCUT2D eigenvalue weighted by Gasteiger charge is 2.30. The summed E-state index contributed by atoms with van der Waals surface area (Å²) in [4.78, 5) is 30.8. The maximum absolute atomic E-state index is 13.1. The van der Waals surface area contributed by atoms with E-state index in [9.17, 15) is 14.7 Å². The fraction of sp³-hybridized carbons (Fsp3) is 0.120. The van der Waals surface area contributed by atoms with Crippen LogP contribution in [0.4, 0.5) is 0 Å². The van der Waals surface area contributed by atoms with Crippen LogP contribution in [-0.4, -0.2) is 33.9 Å². The van der Waals surface area contributed by atoms with Crippen molar-refractivity contribution in [1.82, 2.24) is 9.88 Å². The number of likely N-dealkylation sites (N-methyl/N-ethyl adjacent to an activating group) is 1. The average Bonchev–Trinajstić information content (AvgIpc) is 3.19. The van der Waals surface area contributed by atoms with E-state index in [2.05, 4.69) is 4.98 Å². The summed E-state index contributed by atoms with van der Waals surface area (Å²) in [5.74, 6) is -0.417. The van der Waals surface area contributed by atoms with Crippen LogP contribution >= 0.6 is 0 Å². The molecule has 0 aliphatic heterocycles. The quantitative estimate of drug-likeness (QED) is 0.366. The number of carbonyl (C=O) groups excluding carboxylic acids is 2. The molecule has 0 unspecified atom stereocenters. The van der Waals surface area contributed by atoms with Gasteiger partial charge in [-0.1, -0.05) is 48.5 Å². The number of H-pyrrole nitrogens is 1. The SMILES string of the molecule is CN(C(=O)Cc1c[nH]c2ccccc12)[C@H](C(=O)Oc1ccc(O)cc1)c1ccccc1. The van der Waals surface area contributed by atoms with E-state index in [4.69, 9.17) is 4.74 Å². The number of nitrogens with zero attached hydrogens (tertiary/aromatic N) is 1. The van der Waals surface area contributed by atoms with Crippen LogP contribution < -0.4 is 4.74 Å². The summed E-state index contributed by atoms with van der Waals surface area (Å²) in [6, 6.07) is 21.8. The van der Waals surface area contributed by atoms with Gasteiger partial charge in [0.1, 0.15) is 11.5 Å². The average molecular weight is 414 g/mol. The molecule has 1 atom stereocenters. The molecular formula is C25H22N2O4. The first-order chi connectivity index (χ1) is 15.0. The van der Waals surface area contributed by atoms with Gasteiger partial charge in [0.2, 0.25) is 5.91 Å². The second-order valence-corrected chi connectivity index (χ2v) is 7.27. The number of aromatic hydroxyl groups is 1. The van der Waals surface area contributed by atoms with E-state index in [1.807, 2.05) is 48.7 Å². The molecule has 1 heterocycles. The molecule has 6 nitrogen and oxygen atoms in total. The number of esters is 1. The molecule has 0 spiro atoms. The molecule has 0 aliphatic carbocycles. The third-order valence-corrected chi connectivity index (χ3v) is 5.19. The summed E-state index contributed by atoms with van der Waals surface area (Å²) in [5, 5.41) is 10.4. The molecule has 1 aromatic heterocycles. The van der Waals surface area contributed by atoms with Crippen LogP contribution in [0.5, 0.6) is 11.5 Å². The zero-order valence-electron chi connectivity index (χ0n) is 17.0. The van der Waals surface area contributed by atoms with Gasteiger partial charge < -0.3 is 19.7 Å². The fourth-order valence-corrected chi connectivity index (χ4v) is 3.55. The molecule has 3 aromatic carbocycles. The van der Waals surface area contributed by atoms with Crippen molar-refractivity contribution in [1.29, 1.82) is 0 Å². The second-order valence-electron chi connectivity index (χ2n) is 7.27. The number of fused-ring (bicyclic) bond motifs is 1. The van der Waals surface area contributed by atoms with Gasteiger partial charge in [-0.05, 0) is 41.5 Å². The van der Waals surface area contributed by atoms with E-state index in [0.717, 1.165) is 16.5 Å². The highest BCUT2D eigenvalue weighted by molar-refractivity contribution is 5.91. The van der Waals surface area contributed by atoms with Crippen LogP contribution in [0.3, 0.4) is 0 Å². The van der Waals surface area contributed by atoms with Crippen LogP contribution in [0.15, 0.2) is 85.1 Å². The maximum Gasteiger partial charge on any atom is 0.338 e. The van der Waals surface area contributed by atoms with Gasteiger partial charge >= 0.3 is 5.97 Å². The van der Waals surface area contributed by atoms with Gasteiger partial charge in [-0.3, -0.25) is 4.79 Å². The summed E-state index contributed by atoms with van der Waals surface area (Å²) in [5.41, 5.74) is 2.48. The smallest absolute Gasteiger partial charge is 0.338 e. The van der Waals surface area contributed by atoms with Crippen molar-refractivity contribution in [3.05, 3.63) is 96.2 Å². The molecule has 6 heteroatoms. The van der Waals surface area contributed by atoms with Crippen molar-refractivity contribution in [2.24, 2.45) is 0 Å². The Morgan fingerprint density at radius 3 is 2.39 bits per heavy atom. The molecule has 0 fully saturated rings. The van der Waals surface area contributed by atoms with Crippen LogP contribution in [0.2, 0.25) is 0 Å². The van der Waals surface area contributed by atoms with Gasteiger partial charge in [0.05, 0.1) is 6.42 Å². The van der Waals surface area contributed by atoms with Gasteiger partial charge in [-0.15, -0.1) is 0 Å². The zero-order chi connectivity index (χ0) is 21.8. The van der Waals surface area contributed by atoms with Crippen molar-refractivity contribution in [2.75, 3.05) is 7.05 Å². The number of hydrogen-bond donors (Lipinski definition) is 2. The monoisotopic (exact) mass is 414 g/mol. The third-order valence-electron chi connectivity index (χ3n) is 5.19. The number of para-hydroxylation sites is 1. The number of aromatic amines is 1. The Bertz CT molecular complexity index is 1200.